The first kappa shape index (κ1) is 16.1. The second-order valence-corrected chi connectivity index (χ2v) is 6.05. The number of hydrogen-bond donors (Lipinski definition) is 1. The van der Waals surface area contributed by atoms with Gasteiger partial charge in [-0.15, -0.1) is 0 Å². The minimum Gasteiger partial charge on any atom is -0.460 e. The number of fused-ring (bicyclic) bond motifs is 3. The monoisotopic (exact) mass is 347 g/mol. The highest BCUT2D eigenvalue weighted by atomic mass is 16.5. The lowest BCUT2D eigenvalue weighted by Gasteiger charge is -2.06. The number of ether oxygens (including phenoxy) is 1. The highest BCUT2D eigenvalue weighted by molar-refractivity contribution is 6.13. The van der Waals surface area contributed by atoms with Crippen LogP contribution in [0, 0.1) is 6.92 Å². The Kier molecular flexibility index (Phi) is 3.84. The molecule has 0 bridgehead atoms. The van der Waals surface area contributed by atoms with Crippen LogP contribution in [-0.2, 0) is 4.74 Å². The Morgan fingerprint density at radius 2 is 1.88 bits per heavy atom. The summed E-state index contributed by atoms with van der Waals surface area (Å²) >= 11 is 0. The fourth-order valence-corrected chi connectivity index (χ4v) is 3.34. The van der Waals surface area contributed by atoms with Crippen molar-refractivity contribution in [1.29, 1.82) is 0 Å². The van der Waals surface area contributed by atoms with Gasteiger partial charge in [-0.3, -0.25) is 4.79 Å². The van der Waals surface area contributed by atoms with E-state index in [1.54, 1.807) is 13.0 Å². The van der Waals surface area contributed by atoms with E-state index in [0.29, 0.717) is 11.0 Å². The van der Waals surface area contributed by atoms with E-state index in [1.165, 1.54) is 6.07 Å². The van der Waals surface area contributed by atoms with Crippen molar-refractivity contribution in [2.45, 2.75) is 13.8 Å². The van der Waals surface area contributed by atoms with Crippen LogP contribution in [0.25, 0.3) is 33.0 Å². The summed E-state index contributed by atoms with van der Waals surface area (Å²) in [5, 5.41) is 1.26. The first-order chi connectivity index (χ1) is 12.6. The molecule has 4 aromatic rings. The van der Waals surface area contributed by atoms with Crippen LogP contribution >= 0.6 is 0 Å². The fraction of sp³-hybridized carbons (Fsp3) is 0.143. The molecule has 0 aliphatic carbocycles. The first-order valence-corrected chi connectivity index (χ1v) is 8.42. The zero-order valence-electron chi connectivity index (χ0n) is 14.5. The maximum absolute atomic E-state index is 12.8. The molecule has 2 heterocycles. The number of aryl methyl sites for hydroxylation is 1. The number of aromatic amines is 1. The van der Waals surface area contributed by atoms with E-state index < -0.39 is 5.97 Å². The standard InChI is InChI=1S/C21H17NO4/c1-3-25-21(24)17-11-15(23)20-16(26-17)10-9-14-19(20)18(12(2)22-14)13-7-5-4-6-8-13/h4-11,22H,3H2,1-2H3. The number of nitrogens with one attached hydrogen (secondary N) is 1. The molecular formula is C21H17NO4. The van der Waals surface area contributed by atoms with Gasteiger partial charge in [-0.2, -0.15) is 0 Å². The summed E-state index contributed by atoms with van der Waals surface area (Å²) < 4.78 is 10.6. The zero-order chi connectivity index (χ0) is 18.3. The van der Waals surface area contributed by atoms with Crippen LogP contribution in [0.3, 0.4) is 0 Å². The average molecular weight is 347 g/mol. The third-order valence-electron chi connectivity index (χ3n) is 4.38. The molecule has 0 unspecified atom stereocenters. The lowest BCUT2D eigenvalue weighted by Crippen LogP contribution is -2.10. The van der Waals surface area contributed by atoms with E-state index in [-0.39, 0.29) is 17.8 Å². The van der Waals surface area contributed by atoms with E-state index in [0.717, 1.165) is 27.7 Å². The number of H-pyrrole nitrogens is 1. The number of carbonyl (C=O) groups excluding carboxylic acids is 1. The molecule has 0 saturated heterocycles. The smallest absolute Gasteiger partial charge is 0.374 e. The van der Waals surface area contributed by atoms with Crippen molar-refractivity contribution in [3.63, 3.8) is 0 Å². The Bertz CT molecular complexity index is 1190. The lowest BCUT2D eigenvalue weighted by atomic mass is 9.99. The van der Waals surface area contributed by atoms with E-state index in [9.17, 15) is 9.59 Å². The molecule has 26 heavy (non-hydrogen) atoms. The topological polar surface area (TPSA) is 72.3 Å². The van der Waals surface area contributed by atoms with Crippen molar-refractivity contribution in [3.8, 4) is 11.1 Å². The van der Waals surface area contributed by atoms with Gasteiger partial charge in [0.05, 0.1) is 12.0 Å². The molecule has 1 N–H and O–H groups in total. The Hall–Kier alpha value is -3.34. The lowest BCUT2D eigenvalue weighted by molar-refractivity contribution is 0.0490. The normalized spacial score (nSPS) is 11.2. The molecule has 0 saturated carbocycles. The molecule has 5 nitrogen and oxygen atoms in total. The van der Waals surface area contributed by atoms with Crippen molar-refractivity contribution in [2.24, 2.45) is 0 Å². The molecule has 5 heteroatoms. The minimum atomic E-state index is -0.639. The molecule has 0 amide bonds. The van der Waals surface area contributed by atoms with E-state index in [1.807, 2.05) is 43.3 Å². The summed E-state index contributed by atoms with van der Waals surface area (Å²) in [7, 11) is 0. The van der Waals surface area contributed by atoms with Crippen molar-refractivity contribution in [2.75, 3.05) is 6.61 Å². The minimum absolute atomic E-state index is 0.0859. The van der Waals surface area contributed by atoms with Gasteiger partial charge in [0.15, 0.2) is 5.43 Å². The van der Waals surface area contributed by atoms with E-state index in [2.05, 4.69) is 4.98 Å². The van der Waals surface area contributed by atoms with Crippen LogP contribution in [0.5, 0.6) is 0 Å². The van der Waals surface area contributed by atoms with Crippen LogP contribution in [0.1, 0.15) is 23.2 Å². The molecule has 0 aliphatic rings. The summed E-state index contributed by atoms with van der Waals surface area (Å²) in [5.74, 6) is -0.725. The van der Waals surface area contributed by atoms with E-state index in [4.69, 9.17) is 9.15 Å². The number of rotatable bonds is 3. The van der Waals surface area contributed by atoms with Gasteiger partial charge in [-0.05, 0) is 31.5 Å². The summed E-state index contributed by atoms with van der Waals surface area (Å²) in [6, 6.07) is 14.6. The molecule has 2 aromatic heterocycles. The van der Waals surface area contributed by atoms with Gasteiger partial charge in [0.25, 0.3) is 0 Å². The second-order valence-electron chi connectivity index (χ2n) is 6.05. The summed E-state index contributed by atoms with van der Waals surface area (Å²) in [6.45, 7) is 3.90. The van der Waals surface area contributed by atoms with Gasteiger partial charge >= 0.3 is 5.97 Å². The van der Waals surface area contributed by atoms with Gasteiger partial charge in [-0.25, -0.2) is 4.79 Å². The number of carbonyl (C=O) groups is 1. The largest absolute Gasteiger partial charge is 0.460 e. The Labute approximate surface area is 149 Å². The SMILES string of the molecule is CCOC(=O)c1cc(=O)c2c(ccc3[nH]c(C)c(-c4ccccc4)c32)o1. The Morgan fingerprint density at radius 3 is 2.62 bits per heavy atom. The third kappa shape index (κ3) is 2.49. The maximum Gasteiger partial charge on any atom is 0.374 e. The molecule has 130 valence electrons. The predicted molar refractivity (Wildman–Crippen MR) is 100 cm³/mol. The molecule has 4 rings (SSSR count). The number of hydrogen-bond acceptors (Lipinski definition) is 4. The Morgan fingerprint density at radius 1 is 1.12 bits per heavy atom. The summed E-state index contributed by atoms with van der Waals surface area (Å²) in [5.41, 5.74) is 3.89. The summed E-state index contributed by atoms with van der Waals surface area (Å²) in [4.78, 5) is 28.1. The molecule has 0 fully saturated rings. The highest BCUT2D eigenvalue weighted by Gasteiger charge is 2.19. The van der Waals surface area contributed by atoms with Crippen molar-refractivity contribution < 1.29 is 13.9 Å². The van der Waals surface area contributed by atoms with Crippen LogP contribution in [0.2, 0.25) is 0 Å². The van der Waals surface area contributed by atoms with Gasteiger partial charge in [0.2, 0.25) is 5.76 Å². The molecule has 2 aromatic carbocycles. The molecule has 0 aliphatic heterocycles. The fourth-order valence-electron chi connectivity index (χ4n) is 3.34. The summed E-state index contributed by atoms with van der Waals surface area (Å²) in [6.07, 6.45) is 0. The number of benzene rings is 2. The van der Waals surface area contributed by atoms with Gasteiger partial charge in [0, 0.05) is 28.2 Å². The van der Waals surface area contributed by atoms with Gasteiger partial charge in [-0.1, -0.05) is 30.3 Å². The molecule has 0 radical (unpaired) electrons. The number of aromatic nitrogens is 1. The molecule has 0 atom stereocenters. The highest BCUT2D eigenvalue weighted by Crippen LogP contribution is 2.35. The maximum atomic E-state index is 12.8. The Balaban J connectivity index is 2.07. The van der Waals surface area contributed by atoms with Crippen molar-refractivity contribution in [1.82, 2.24) is 4.98 Å². The van der Waals surface area contributed by atoms with Crippen LogP contribution in [-0.4, -0.2) is 17.6 Å². The van der Waals surface area contributed by atoms with Crippen LogP contribution < -0.4 is 5.43 Å². The third-order valence-corrected chi connectivity index (χ3v) is 4.38. The van der Waals surface area contributed by atoms with Crippen molar-refractivity contribution in [3.05, 3.63) is 70.2 Å². The van der Waals surface area contributed by atoms with Crippen LogP contribution in [0.15, 0.2) is 57.7 Å². The average Bonchev–Trinajstić information content (AvgIpc) is 2.98. The van der Waals surface area contributed by atoms with Gasteiger partial charge < -0.3 is 14.1 Å². The van der Waals surface area contributed by atoms with E-state index >= 15 is 0 Å². The molecular weight excluding hydrogens is 330 g/mol. The number of esters is 1. The van der Waals surface area contributed by atoms with Crippen LogP contribution in [0.4, 0.5) is 0 Å². The zero-order valence-corrected chi connectivity index (χ0v) is 14.5. The predicted octanol–water partition coefficient (Wildman–Crippen LogP) is 4.43. The molecule has 0 spiro atoms. The second kappa shape index (κ2) is 6.19. The van der Waals surface area contributed by atoms with Crippen molar-refractivity contribution >= 4 is 27.8 Å². The van der Waals surface area contributed by atoms with Gasteiger partial charge in [0.1, 0.15) is 5.58 Å². The first-order valence-electron chi connectivity index (χ1n) is 8.42. The quantitative estimate of drug-likeness (QED) is 0.557.